The minimum Gasteiger partial charge on any atom is -0.744 e. The Hall–Kier alpha value is -0.910. The standard InChI is InChI=1S/C30H54O3S.H3N/c1-5-6-7-8-9-10-11-12-13-14-15-16-17-18-19-20-21-22-23-27-26-28(34(31,32)33)24-25-29(27)30(2,3)4;/h24-26H,5-23H2,1-4H3,(H,31,32,33);1H3. The van der Waals surface area contributed by atoms with E-state index in [4.69, 9.17) is 0 Å². The highest BCUT2D eigenvalue weighted by Crippen LogP contribution is 2.29. The molecule has 0 saturated carbocycles. The van der Waals surface area contributed by atoms with Gasteiger partial charge in [0.2, 0.25) is 0 Å². The molecule has 1 aromatic carbocycles. The number of benzene rings is 1. The van der Waals surface area contributed by atoms with E-state index in [1.54, 1.807) is 6.07 Å². The van der Waals surface area contributed by atoms with Gasteiger partial charge in [0, 0.05) is 0 Å². The molecule has 1 aromatic rings. The molecule has 0 atom stereocenters. The van der Waals surface area contributed by atoms with Crippen molar-refractivity contribution in [3.8, 4) is 0 Å². The minimum atomic E-state index is -4.40. The van der Waals surface area contributed by atoms with Crippen molar-refractivity contribution in [2.75, 3.05) is 0 Å². The molecule has 0 saturated heterocycles. The quantitative estimate of drug-likeness (QED) is 0.139. The van der Waals surface area contributed by atoms with E-state index in [9.17, 15) is 13.0 Å². The molecule has 0 bridgehead atoms. The van der Waals surface area contributed by atoms with Crippen molar-refractivity contribution in [3.63, 3.8) is 0 Å². The fourth-order valence-electron chi connectivity index (χ4n) is 4.88. The van der Waals surface area contributed by atoms with Gasteiger partial charge in [0.15, 0.2) is 0 Å². The van der Waals surface area contributed by atoms with Gasteiger partial charge in [-0.2, -0.15) is 0 Å². The van der Waals surface area contributed by atoms with Crippen molar-refractivity contribution in [1.29, 1.82) is 0 Å². The lowest BCUT2D eigenvalue weighted by molar-refractivity contribution is 0.462. The third kappa shape index (κ3) is 16.5. The van der Waals surface area contributed by atoms with Crippen LogP contribution >= 0.6 is 0 Å². The topological polar surface area (TPSA) is 93.7 Å². The largest absolute Gasteiger partial charge is 0.744 e. The predicted molar refractivity (Wildman–Crippen MR) is 152 cm³/mol. The number of hydrogen-bond donors (Lipinski definition) is 1. The van der Waals surface area contributed by atoms with Gasteiger partial charge in [-0.25, -0.2) is 8.42 Å². The van der Waals surface area contributed by atoms with E-state index in [2.05, 4.69) is 27.7 Å². The second kappa shape index (κ2) is 19.2. The van der Waals surface area contributed by atoms with Crippen molar-refractivity contribution in [3.05, 3.63) is 29.3 Å². The number of aryl methyl sites for hydroxylation is 1. The molecular formula is C30H57NO3S. The van der Waals surface area contributed by atoms with Crippen LogP contribution in [0.1, 0.15) is 154 Å². The summed E-state index contributed by atoms with van der Waals surface area (Å²) in [5.41, 5.74) is 2.10. The third-order valence-electron chi connectivity index (χ3n) is 6.97. The van der Waals surface area contributed by atoms with Crippen molar-refractivity contribution in [2.45, 2.75) is 160 Å². The zero-order valence-electron chi connectivity index (χ0n) is 23.8. The molecule has 0 amide bonds. The molecular weight excluding hydrogens is 454 g/mol. The van der Waals surface area contributed by atoms with Gasteiger partial charge in [-0.1, -0.05) is 143 Å². The third-order valence-corrected chi connectivity index (χ3v) is 7.80. The molecule has 0 aliphatic rings. The minimum absolute atomic E-state index is 0. The molecule has 0 radical (unpaired) electrons. The summed E-state index contributed by atoms with van der Waals surface area (Å²) < 4.78 is 34.3. The van der Waals surface area contributed by atoms with Crippen LogP contribution in [0.5, 0.6) is 0 Å². The summed E-state index contributed by atoms with van der Waals surface area (Å²) in [5.74, 6) is 0. The molecule has 4 N–H and O–H groups in total. The summed E-state index contributed by atoms with van der Waals surface area (Å²) in [6, 6.07) is 4.90. The lowest BCUT2D eigenvalue weighted by Crippen LogP contribution is -2.15. The van der Waals surface area contributed by atoms with E-state index in [-0.39, 0.29) is 16.5 Å². The first-order valence-corrected chi connectivity index (χ1v) is 15.7. The van der Waals surface area contributed by atoms with Gasteiger partial charge in [-0.3, -0.25) is 0 Å². The molecule has 0 spiro atoms. The van der Waals surface area contributed by atoms with Crippen LogP contribution in [0, 0.1) is 0 Å². The second-order valence-corrected chi connectivity index (χ2v) is 12.7. The second-order valence-electron chi connectivity index (χ2n) is 11.3. The summed E-state index contributed by atoms with van der Waals surface area (Å²) in [6.07, 6.45) is 25.2. The Morgan fingerprint density at radius 2 is 1.03 bits per heavy atom. The number of quaternary nitrogens is 1. The molecule has 4 nitrogen and oxygen atoms in total. The van der Waals surface area contributed by atoms with Gasteiger partial charge in [-0.15, -0.1) is 0 Å². The first-order valence-electron chi connectivity index (χ1n) is 14.3. The van der Waals surface area contributed by atoms with Gasteiger partial charge < -0.3 is 10.7 Å². The Balaban J connectivity index is 0.0000116. The van der Waals surface area contributed by atoms with Crippen LogP contribution in [0.25, 0.3) is 0 Å². The molecule has 0 aliphatic carbocycles. The van der Waals surface area contributed by atoms with E-state index in [0.717, 1.165) is 30.4 Å². The summed E-state index contributed by atoms with van der Waals surface area (Å²) in [4.78, 5) is -0.0992. The van der Waals surface area contributed by atoms with Crippen molar-refractivity contribution >= 4 is 10.1 Å². The van der Waals surface area contributed by atoms with Gasteiger partial charge in [-0.05, 0) is 41.5 Å². The van der Waals surface area contributed by atoms with E-state index in [1.165, 1.54) is 109 Å². The first kappa shape index (κ1) is 34.1. The molecule has 0 heterocycles. The van der Waals surface area contributed by atoms with E-state index in [0.29, 0.717) is 0 Å². The normalized spacial score (nSPS) is 12.0. The Morgan fingerprint density at radius 3 is 1.37 bits per heavy atom. The molecule has 0 unspecified atom stereocenters. The van der Waals surface area contributed by atoms with Crippen LogP contribution in [-0.4, -0.2) is 13.0 Å². The van der Waals surface area contributed by atoms with Gasteiger partial charge >= 0.3 is 0 Å². The summed E-state index contributed by atoms with van der Waals surface area (Å²) in [7, 11) is -4.40. The average molecular weight is 512 g/mol. The van der Waals surface area contributed by atoms with Gasteiger partial charge in [0.1, 0.15) is 10.1 Å². The molecule has 0 aromatic heterocycles. The molecule has 35 heavy (non-hydrogen) atoms. The maximum atomic E-state index is 11.4. The molecule has 1 rings (SSSR count). The SMILES string of the molecule is CCCCCCCCCCCCCCCCCCCCc1cc(S(=O)(=O)[O-])ccc1C(C)(C)C.[NH4+]. The molecule has 0 aliphatic heterocycles. The summed E-state index contributed by atoms with van der Waals surface area (Å²) >= 11 is 0. The highest BCUT2D eigenvalue weighted by molar-refractivity contribution is 7.85. The fraction of sp³-hybridized carbons (Fsp3) is 0.800. The molecule has 0 fully saturated rings. The van der Waals surface area contributed by atoms with Crippen LogP contribution < -0.4 is 6.15 Å². The highest BCUT2D eigenvalue weighted by atomic mass is 32.2. The van der Waals surface area contributed by atoms with Crippen molar-refractivity contribution < 1.29 is 13.0 Å². The predicted octanol–water partition coefficient (Wildman–Crippen LogP) is 9.85. The lowest BCUT2D eigenvalue weighted by atomic mass is 9.82. The summed E-state index contributed by atoms with van der Waals surface area (Å²) in [6.45, 7) is 8.67. The monoisotopic (exact) mass is 511 g/mol. The Bertz CT molecular complexity index is 753. The number of hydrogen-bond acceptors (Lipinski definition) is 3. The Morgan fingerprint density at radius 1 is 0.657 bits per heavy atom. The van der Waals surface area contributed by atoms with E-state index < -0.39 is 10.1 Å². The van der Waals surface area contributed by atoms with Crippen LogP contribution in [0.4, 0.5) is 0 Å². The van der Waals surface area contributed by atoms with Crippen molar-refractivity contribution in [2.24, 2.45) is 0 Å². The van der Waals surface area contributed by atoms with Crippen molar-refractivity contribution in [1.82, 2.24) is 6.15 Å². The van der Waals surface area contributed by atoms with Crippen LogP contribution in [0.15, 0.2) is 23.1 Å². The average Bonchev–Trinajstić information content (AvgIpc) is 2.77. The number of rotatable bonds is 20. The maximum absolute atomic E-state index is 11.4. The zero-order chi connectivity index (χ0) is 25.3. The van der Waals surface area contributed by atoms with Gasteiger partial charge in [0.05, 0.1) is 4.90 Å². The first-order chi connectivity index (χ1) is 16.2. The van der Waals surface area contributed by atoms with Gasteiger partial charge in [0.25, 0.3) is 0 Å². The van der Waals surface area contributed by atoms with Crippen LogP contribution in [0.3, 0.4) is 0 Å². The smallest absolute Gasteiger partial charge is 0.124 e. The van der Waals surface area contributed by atoms with E-state index >= 15 is 0 Å². The fourth-order valence-corrected chi connectivity index (χ4v) is 5.40. The maximum Gasteiger partial charge on any atom is 0.124 e. The lowest BCUT2D eigenvalue weighted by Gasteiger charge is -2.24. The Kier molecular flexibility index (Phi) is 18.7. The molecule has 5 heteroatoms. The molecule has 206 valence electrons. The van der Waals surface area contributed by atoms with Crippen LogP contribution in [0.2, 0.25) is 0 Å². The summed E-state index contributed by atoms with van der Waals surface area (Å²) in [5, 5.41) is 0. The highest BCUT2D eigenvalue weighted by Gasteiger charge is 2.19. The van der Waals surface area contributed by atoms with Crippen LogP contribution in [-0.2, 0) is 22.0 Å². The Labute approximate surface area is 218 Å². The van der Waals surface area contributed by atoms with E-state index in [1.807, 2.05) is 6.07 Å². The zero-order valence-corrected chi connectivity index (χ0v) is 24.6. The number of unbranched alkanes of at least 4 members (excludes halogenated alkanes) is 17.